The lowest BCUT2D eigenvalue weighted by Crippen LogP contribution is -2.09. The van der Waals surface area contributed by atoms with Crippen molar-refractivity contribution in [2.24, 2.45) is 0 Å². The van der Waals surface area contributed by atoms with Crippen molar-refractivity contribution in [1.82, 2.24) is 0 Å². The zero-order valence-corrected chi connectivity index (χ0v) is 10.0. The number of halogens is 1. The molecule has 1 aromatic carbocycles. The fourth-order valence-electron chi connectivity index (χ4n) is 1.09. The summed E-state index contributed by atoms with van der Waals surface area (Å²) in [5.74, 6) is -0.304. The number of carbonyl (C=O) groups excluding carboxylic acids is 2. The summed E-state index contributed by atoms with van der Waals surface area (Å²) in [6.07, 6.45) is 0. The molecule has 15 heavy (non-hydrogen) atoms. The van der Waals surface area contributed by atoms with Crippen LogP contribution in [-0.4, -0.2) is 11.8 Å². The van der Waals surface area contributed by atoms with Gasteiger partial charge in [-0.1, -0.05) is 0 Å². The fourth-order valence-corrected chi connectivity index (χ4v) is 1.44. The second kappa shape index (κ2) is 4.93. The van der Waals surface area contributed by atoms with E-state index >= 15 is 0 Å². The molecule has 1 rings (SSSR count). The number of hydrogen-bond donors (Lipinski definition) is 2. The van der Waals surface area contributed by atoms with Gasteiger partial charge in [0.2, 0.25) is 11.8 Å². The summed E-state index contributed by atoms with van der Waals surface area (Å²) in [6, 6.07) is 5.19. The highest BCUT2D eigenvalue weighted by molar-refractivity contribution is 9.10. The van der Waals surface area contributed by atoms with Crippen molar-refractivity contribution in [3.63, 3.8) is 0 Å². The highest BCUT2D eigenvalue weighted by Crippen LogP contribution is 2.25. The van der Waals surface area contributed by atoms with Gasteiger partial charge in [-0.15, -0.1) is 0 Å². The molecule has 0 aromatic heterocycles. The fraction of sp³-hybridized carbons (Fsp3) is 0.200. The molecule has 0 aliphatic rings. The number of carbonyl (C=O) groups is 2. The summed E-state index contributed by atoms with van der Waals surface area (Å²) in [6.45, 7) is 2.86. The minimum atomic E-state index is -0.157. The maximum atomic E-state index is 10.9. The summed E-state index contributed by atoms with van der Waals surface area (Å²) in [4.78, 5) is 21.7. The average molecular weight is 271 g/mol. The summed E-state index contributed by atoms with van der Waals surface area (Å²) in [7, 11) is 0. The lowest BCUT2D eigenvalue weighted by atomic mass is 10.2. The first-order valence-corrected chi connectivity index (χ1v) is 5.13. The predicted octanol–water partition coefficient (Wildman–Crippen LogP) is 2.37. The van der Waals surface area contributed by atoms with E-state index in [0.717, 1.165) is 4.47 Å². The lowest BCUT2D eigenvalue weighted by Gasteiger charge is -2.08. The van der Waals surface area contributed by atoms with E-state index in [4.69, 9.17) is 0 Å². The topological polar surface area (TPSA) is 58.2 Å². The quantitative estimate of drug-likeness (QED) is 0.867. The van der Waals surface area contributed by atoms with Gasteiger partial charge in [-0.25, -0.2) is 0 Å². The van der Waals surface area contributed by atoms with Crippen LogP contribution in [0.25, 0.3) is 0 Å². The first-order chi connectivity index (χ1) is 6.99. The van der Waals surface area contributed by atoms with Crippen molar-refractivity contribution >= 4 is 39.1 Å². The van der Waals surface area contributed by atoms with E-state index < -0.39 is 0 Å². The minimum absolute atomic E-state index is 0.147. The van der Waals surface area contributed by atoms with E-state index in [0.29, 0.717) is 11.4 Å². The monoisotopic (exact) mass is 270 g/mol. The van der Waals surface area contributed by atoms with Gasteiger partial charge in [0.05, 0.1) is 5.69 Å². The van der Waals surface area contributed by atoms with Gasteiger partial charge < -0.3 is 10.6 Å². The number of rotatable bonds is 2. The van der Waals surface area contributed by atoms with E-state index in [9.17, 15) is 9.59 Å². The molecule has 0 fully saturated rings. The van der Waals surface area contributed by atoms with Crippen molar-refractivity contribution < 1.29 is 9.59 Å². The summed E-state index contributed by atoms with van der Waals surface area (Å²) < 4.78 is 0.770. The van der Waals surface area contributed by atoms with Crippen molar-refractivity contribution in [3.8, 4) is 0 Å². The van der Waals surface area contributed by atoms with E-state index in [1.807, 2.05) is 0 Å². The van der Waals surface area contributed by atoms with Gasteiger partial charge in [0.25, 0.3) is 0 Å². The first-order valence-electron chi connectivity index (χ1n) is 4.34. The van der Waals surface area contributed by atoms with Gasteiger partial charge in [-0.3, -0.25) is 9.59 Å². The number of anilines is 2. The zero-order valence-electron chi connectivity index (χ0n) is 8.43. The standard InChI is InChI=1S/C10H11BrN2O2/c1-6(14)12-8-3-4-9(11)10(5-8)13-7(2)15/h3-5H,1-2H3,(H,12,14)(H,13,15). The second-order valence-electron chi connectivity index (χ2n) is 3.06. The molecule has 0 radical (unpaired) electrons. The highest BCUT2D eigenvalue weighted by atomic mass is 79.9. The zero-order chi connectivity index (χ0) is 11.4. The Kier molecular flexibility index (Phi) is 3.85. The number of hydrogen-bond acceptors (Lipinski definition) is 2. The molecule has 0 heterocycles. The molecule has 0 aliphatic carbocycles. The van der Waals surface area contributed by atoms with Gasteiger partial charge in [0.15, 0.2) is 0 Å². The van der Waals surface area contributed by atoms with Crippen molar-refractivity contribution in [1.29, 1.82) is 0 Å². The van der Waals surface area contributed by atoms with Gasteiger partial charge in [0, 0.05) is 24.0 Å². The van der Waals surface area contributed by atoms with Crippen LogP contribution < -0.4 is 10.6 Å². The van der Waals surface area contributed by atoms with E-state index in [-0.39, 0.29) is 11.8 Å². The normalized spacial score (nSPS) is 9.53. The Morgan fingerprint density at radius 3 is 2.27 bits per heavy atom. The molecular formula is C10H11BrN2O2. The van der Waals surface area contributed by atoms with E-state index in [1.54, 1.807) is 18.2 Å². The smallest absolute Gasteiger partial charge is 0.221 e. The molecule has 0 unspecified atom stereocenters. The van der Waals surface area contributed by atoms with E-state index in [2.05, 4.69) is 26.6 Å². The van der Waals surface area contributed by atoms with Crippen LogP contribution >= 0.6 is 15.9 Å². The second-order valence-corrected chi connectivity index (χ2v) is 3.91. The molecule has 5 heteroatoms. The molecule has 0 spiro atoms. The van der Waals surface area contributed by atoms with Gasteiger partial charge in [0.1, 0.15) is 0 Å². The Hall–Kier alpha value is -1.36. The van der Waals surface area contributed by atoms with Crippen molar-refractivity contribution in [2.45, 2.75) is 13.8 Å². The largest absolute Gasteiger partial charge is 0.326 e. The molecule has 4 nitrogen and oxygen atoms in total. The average Bonchev–Trinajstić information content (AvgIpc) is 2.09. The predicted molar refractivity (Wildman–Crippen MR) is 62.7 cm³/mol. The molecule has 2 N–H and O–H groups in total. The van der Waals surface area contributed by atoms with Crippen LogP contribution in [0.3, 0.4) is 0 Å². The van der Waals surface area contributed by atoms with Crippen molar-refractivity contribution in [2.75, 3.05) is 10.6 Å². The van der Waals surface area contributed by atoms with Crippen LogP contribution in [0.15, 0.2) is 22.7 Å². The Balaban J connectivity index is 2.94. The molecule has 0 aliphatic heterocycles. The summed E-state index contributed by atoms with van der Waals surface area (Å²) in [5, 5.41) is 5.28. The third-order valence-corrected chi connectivity index (χ3v) is 2.29. The van der Waals surface area contributed by atoms with Gasteiger partial charge >= 0.3 is 0 Å². The number of amides is 2. The molecule has 0 bridgehead atoms. The number of benzene rings is 1. The number of nitrogens with one attached hydrogen (secondary N) is 2. The van der Waals surface area contributed by atoms with Gasteiger partial charge in [-0.2, -0.15) is 0 Å². The maximum absolute atomic E-state index is 10.9. The van der Waals surface area contributed by atoms with Crippen LogP contribution in [0.5, 0.6) is 0 Å². The first kappa shape index (κ1) is 11.7. The Bertz CT molecular complexity index is 404. The van der Waals surface area contributed by atoms with Crippen LogP contribution in [0.4, 0.5) is 11.4 Å². The third-order valence-electron chi connectivity index (χ3n) is 1.60. The molecular weight excluding hydrogens is 260 g/mol. The van der Waals surface area contributed by atoms with Crippen LogP contribution in [-0.2, 0) is 9.59 Å². The molecule has 1 aromatic rings. The van der Waals surface area contributed by atoms with E-state index in [1.165, 1.54) is 13.8 Å². The van der Waals surface area contributed by atoms with Crippen LogP contribution in [0, 0.1) is 0 Å². The molecule has 80 valence electrons. The van der Waals surface area contributed by atoms with Crippen LogP contribution in [0.1, 0.15) is 13.8 Å². The SMILES string of the molecule is CC(=O)Nc1ccc(Br)c(NC(C)=O)c1. The maximum Gasteiger partial charge on any atom is 0.221 e. The molecule has 0 saturated heterocycles. The Labute approximate surface area is 96.2 Å². The highest BCUT2D eigenvalue weighted by Gasteiger charge is 2.03. The molecule has 2 amide bonds. The van der Waals surface area contributed by atoms with Gasteiger partial charge in [-0.05, 0) is 34.1 Å². The summed E-state index contributed by atoms with van der Waals surface area (Å²) in [5.41, 5.74) is 1.28. The molecule has 0 atom stereocenters. The van der Waals surface area contributed by atoms with Crippen molar-refractivity contribution in [3.05, 3.63) is 22.7 Å². The lowest BCUT2D eigenvalue weighted by molar-refractivity contribution is -0.115. The Morgan fingerprint density at radius 2 is 1.73 bits per heavy atom. The Morgan fingerprint density at radius 1 is 1.13 bits per heavy atom. The molecule has 0 saturated carbocycles. The summed E-state index contributed by atoms with van der Waals surface area (Å²) >= 11 is 3.30. The minimum Gasteiger partial charge on any atom is -0.326 e. The third kappa shape index (κ3) is 3.71. The van der Waals surface area contributed by atoms with Crippen LogP contribution in [0.2, 0.25) is 0 Å².